The molecule has 2 aliphatic heterocycles. The molecule has 0 radical (unpaired) electrons. The van der Waals surface area contributed by atoms with E-state index >= 15 is 0 Å². The zero-order chi connectivity index (χ0) is 33.6. The molecule has 0 aromatic heterocycles. The van der Waals surface area contributed by atoms with Crippen molar-refractivity contribution >= 4 is 21.0 Å². The number of rotatable bonds is 9. The first kappa shape index (κ1) is 34.7. The maximum atomic E-state index is 13.7. The Labute approximate surface area is 272 Å². The van der Waals surface area contributed by atoms with Crippen molar-refractivity contribution in [3.63, 3.8) is 0 Å². The van der Waals surface area contributed by atoms with Crippen LogP contribution in [0.1, 0.15) is 52.7 Å². The molecular formula is C34H41F2O8S2+. The van der Waals surface area contributed by atoms with Gasteiger partial charge in [0.1, 0.15) is 5.75 Å². The highest BCUT2D eigenvalue weighted by Crippen LogP contribution is 2.40. The SMILES string of the molecule is CC1(C)COC(C)(c2ccc([S+](c3ccc(OCC(F)(F)S(=O)(=O)O)cc3)c3ccc(C4(C)OCC(C)(C)CO4)cc3)cc2)OC1. The quantitative estimate of drug-likeness (QED) is 0.188. The van der Waals surface area contributed by atoms with Crippen LogP contribution in [0, 0.1) is 10.8 Å². The van der Waals surface area contributed by atoms with Crippen LogP contribution in [0.5, 0.6) is 5.75 Å². The largest absolute Gasteiger partial charge is 0.486 e. The van der Waals surface area contributed by atoms with Crippen molar-refractivity contribution in [1.29, 1.82) is 0 Å². The molecule has 2 heterocycles. The fourth-order valence-corrected chi connectivity index (χ4v) is 7.19. The summed E-state index contributed by atoms with van der Waals surface area (Å²) in [4.78, 5) is 2.84. The summed E-state index contributed by atoms with van der Waals surface area (Å²) in [6.45, 7) is 13.0. The average molecular weight is 680 g/mol. The molecule has 0 bridgehead atoms. The summed E-state index contributed by atoms with van der Waals surface area (Å²) in [5.74, 6) is -1.71. The molecule has 2 aliphatic rings. The van der Waals surface area contributed by atoms with E-state index in [1.54, 1.807) is 12.1 Å². The number of halogens is 2. The topological polar surface area (TPSA) is 101 Å². The Morgan fingerprint density at radius 1 is 0.674 bits per heavy atom. The molecule has 2 fully saturated rings. The lowest BCUT2D eigenvalue weighted by Crippen LogP contribution is -2.43. The molecular weight excluding hydrogens is 638 g/mol. The van der Waals surface area contributed by atoms with E-state index in [0.29, 0.717) is 26.4 Å². The van der Waals surface area contributed by atoms with Crippen molar-refractivity contribution in [2.45, 2.75) is 73.1 Å². The highest BCUT2D eigenvalue weighted by Gasteiger charge is 2.45. The molecule has 0 amide bonds. The van der Waals surface area contributed by atoms with Crippen molar-refractivity contribution in [3.05, 3.63) is 83.9 Å². The van der Waals surface area contributed by atoms with Gasteiger partial charge in [-0.05, 0) is 86.6 Å². The van der Waals surface area contributed by atoms with Crippen LogP contribution in [0.15, 0.2) is 87.5 Å². The van der Waals surface area contributed by atoms with Crippen LogP contribution in [0.2, 0.25) is 0 Å². The van der Waals surface area contributed by atoms with Crippen LogP contribution >= 0.6 is 0 Å². The lowest BCUT2D eigenvalue weighted by atomic mass is 9.94. The Kier molecular flexibility index (Phi) is 9.41. The van der Waals surface area contributed by atoms with Crippen molar-refractivity contribution in [2.75, 3.05) is 33.0 Å². The number of hydrogen-bond acceptors (Lipinski definition) is 7. The van der Waals surface area contributed by atoms with Crippen LogP contribution in [0.4, 0.5) is 8.78 Å². The molecule has 0 aliphatic carbocycles. The van der Waals surface area contributed by atoms with Crippen molar-refractivity contribution < 1.29 is 45.4 Å². The Balaban J connectivity index is 1.44. The van der Waals surface area contributed by atoms with Gasteiger partial charge in [0.15, 0.2) is 32.9 Å². The second-order valence-corrected chi connectivity index (χ2v) is 17.2. The third-order valence-corrected chi connectivity index (χ3v) is 11.1. The average Bonchev–Trinajstić information content (AvgIpc) is 3.00. The summed E-state index contributed by atoms with van der Waals surface area (Å²) in [5.41, 5.74) is 1.63. The predicted octanol–water partition coefficient (Wildman–Crippen LogP) is 7.13. The summed E-state index contributed by atoms with van der Waals surface area (Å²) in [5, 5.41) is -4.43. The zero-order valence-corrected chi connectivity index (χ0v) is 28.5. The molecule has 3 aromatic rings. The van der Waals surface area contributed by atoms with Gasteiger partial charge in [0.2, 0.25) is 0 Å². The Morgan fingerprint density at radius 2 is 1.00 bits per heavy atom. The maximum Gasteiger partial charge on any atom is 0.402 e. The van der Waals surface area contributed by atoms with Gasteiger partial charge in [-0.3, -0.25) is 4.55 Å². The monoisotopic (exact) mass is 679 g/mol. The first-order valence-electron chi connectivity index (χ1n) is 14.9. The first-order chi connectivity index (χ1) is 21.3. The molecule has 0 atom stereocenters. The lowest BCUT2D eigenvalue weighted by molar-refractivity contribution is -0.298. The van der Waals surface area contributed by atoms with Crippen LogP contribution in [0.25, 0.3) is 0 Å². The third kappa shape index (κ3) is 7.59. The fraction of sp³-hybridized carbons (Fsp3) is 0.471. The minimum Gasteiger partial charge on any atom is -0.486 e. The van der Waals surface area contributed by atoms with E-state index in [2.05, 4.69) is 27.7 Å². The smallest absolute Gasteiger partial charge is 0.402 e. The van der Waals surface area contributed by atoms with Gasteiger partial charge in [0.05, 0.1) is 37.3 Å². The van der Waals surface area contributed by atoms with Crippen LogP contribution in [-0.2, 0) is 51.5 Å². The van der Waals surface area contributed by atoms with Gasteiger partial charge in [0, 0.05) is 22.0 Å². The maximum absolute atomic E-state index is 13.7. The highest BCUT2D eigenvalue weighted by atomic mass is 32.2. The predicted molar refractivity (Wildman–Crippen MR) is 170 cm³/mol. The number of alkyl halides is 2. The second-order valence-electron chi connectivity index (χ2n) is 13.6. The number of hydrogen-bond donors (Lipinski definition) is 1. The molecule has 0 saturated carbocycles. The highest BCUT2D eigenvalue weighted by molar-refractivity contribution is 7.97. The number of ether oxygens (including phenoxy) is 5. The van der Waals surface area contributed by atoms with Crippen LogP contribution < -0.4 is 4.74 Å². The number of benzene rings is 3. The van der Waals surface area contributed by atoms with E-state index < -0.39 is 44.4 Å². The van der Waals surface area contributed by atoms with Gasteiger partial charge in [-0.15, -0.1) is 0 Å². The molecule has 0 spiro atoms. The molecule has 1 N–H and O–H groups in total. The van der Waals surface area contributed by atoms with Gasteiger partial charge in [-0.1, -0.05) is 27.7 Å². The van der Waals surface area contributed by atoms with E-state index in [9.17, 15) is 17.2 Å². The van der Waals surface area contributed by atoms with E-state index in [0.717, 1.165) is 25.8 Å². The summed E-state index contributed by atoms with van der Waals surface area (Å²) in [6.07, 6.45) is 0. The normalized spacial score (nSPS) is 20.7. The zero-order valence-electron chi connectivity index (χ0n) is 26.8. The van der Waals surface area contributed by atoms with E-state index in [1.807, 2.05) is 62.4 Å². The molecule has 5 rings (SSSR count). The second kappa shape index (κ2) is 12.5. The van der Waals surface area contributed by atoms with Crippen LogP contribution in [0.3, 0.4) is 0 Å². The Hall–Kier alpha value is -2.58. The molecule has 12 heteroatoms. The van der Waals surface area contributed by atoms with Crippen LogP contribution in [-0.4, -0.2) is 51.3 Å². The molecule has 8 nitrogen and oxygen atoms in total. The Morgan fingerprint density at radius 3 is 1.33 bits per heavy atom. The van der Waals surface area contributed by atoms with Gasteiger partial charge in [0.25, 0.3) is 0 Å². The van der Waals surface area contributed by atoms with Gasteiger partial charge >= 0.3 is 15.4 Å². The molecule has 46 heavy (non-hydrogen) atoms. The van der Waals surface area contributed by atoms with Crippen molar-refractivity contribution in [3.8, 4) is 5.75 Å². The first-order valence-corrected chi connectivity index (χ1v) is 17.6. The standard InChI is InChI=1S/C34H40F2O8S2/c1-30(2)19-41-32(5,42-20-30)24-7-13-27(14-8-24)45(29-17-11-26(12-18-29)40-23-34(35,36)46(37,38)39)28-15-9-25(10-16-28)33(6)43-21-31(3,4)22-44-33/h7-18H,19-23H2,1-6H3/p+1. The van der Waals surface area contributed by atoms with E-state index in [4.69, 9.17) is 28.2 Å². The van der Waals surface area contributed by atoms with Gasteiger partial charge in [-0.2, -0.15) is 17.2 Å². The Bertz CT molecular complexity index is 1530. The summed E-state index contributed by atoms with van der Waals surface area (Å²) in [6, 6.07) is 22.6. The molecule has 0 unspecified atom stereocenters. The van der Waals surface area contributed by atoms with E-state index in [-0.39, 0.29) is 16.6 Å². The van der Waals surface area contributed by atoms with Gasteiger partial charge in [-0.25, -0.2) is 0 Å². The lowest BCUT2D eigenvalue weighted by Gasteiger charge is -2.41. The minimum atomic E-state index is -5.60. The summed E-state index contributed by atoms with van der Waals surface area (Å²) in [7, 11) is -6.24. The molecule has 250 valence electrons. The minimum absolute atomic E-state index is 0.0335. The van der Waals surface area contributed by atoms with Gasteiger partial charge < -0.3 is 23.7 Å². The van der Waals surface area contributed by atoms with Crippen molar-refractivity contribution in [2.24, 2.45) is 10.8 Å². The fourth-order valence-electron chi connectivity index (χ4n) is 4.94. The third-order valence-electron chi connectivity index (χ3n) is 8.03. The summed E-state index contributed by atoms with van der Waals surface area (Å²) < 4.78 is 87.8. The summed E-state index contributed by atoms with van der Waals surface area (Å²) >= 11 is 0. The molecule has 2 saturated heterocycles. The van der Waals surface area contributed by atoms with Crippen molar-refractivity contribution in [1.82, 2.24) is 0 Å². The molecule has 3 aromatic carbocycles. The van der Waals surface area contributed by atoms with E-state index in [1.165, 1.54) is 12.1 Å².